The van der Waals surface area contributed by atoms with Crippen molar-refractivity contribution < 1.29 is 4.79 Å². The molecule has 0 aliphatic carbocycles. The highest BCUT2D eigenvalue weighted by atomic mass is 35.5. The van der Waals surface area contributed by atoms with Crippen molar-refractivity contribution in [2.45, 2.75) is 19.8 Å². The third-order valence-corrected chi connectivity index (χ3v) is 4.60. The van der Waals surface area contributed by atoms with Crippen molar-refractivity contribution in [2.24, 2.45) is 5.92 Å². The number of anilines is 3. The monoisotopic (exact) mass is 360 g/mol. The van der Waals surface area contributed by atoms with Crippen LogP contribution < -0.4 is 21.5 Å². The van der Waals surface area contributed by atoms with Crippen molar-refractivity contribution in [3.63, 3.8) is 0 Å². The Labute approximate surface area is 151 Å². The average molecular weight is 361 g/mol. The third-order valence-electron chi connectivity index (χ3n) is 4.35. The molecule has 1 aromatic carbocycles. The van der Waals surface area contributed by atoms with Crippen LogP contribution in [0.1, 0.15) is 30.1 Å². The van der Waals surface area contributed by atoms with Gasteiger partial charge in [-0.2, -0.15) is 0 Å². The summed E-state index contributed by atoms with van der Waals surface area (Å²) >= 11 is 5.82. The topological polar surface area (TPSA) is 96.2 Å². The minimum absolute atomic E-state index is 0.303. The van der Waals surface area contributed by atoms with Crippen molar-refractivity contribution in [1.82, 2.24) is 15.4 Å². The summed E-state index contributed by atoms with van der Waals surface area (Å²) in [6.45, 7) is 4.08. The molecule has 1 aromatic heterocycles. The Kier molecular flexibility index (Phi) is 5.23. The van der Waals surface area contributed by atoms with E-state index in [0.717, 1.165) is 31.8 Å². The van der Waals surface area contributed by atoms with Gasteiger partial charge in [0.2, 0.25) is 0 Å². The minimum Gasteiger partial charge on any atom is -0.393 e. The van der Waals surface area contributed by atoms with Crippen LogP contribution in [0, 0.1) is 5.92 Å². The van der Waals surface area contributed by atoms with Crippen molar-refractivity contribution in [3.05, 3.63) is 41.2 Å². The number of aromatic nitrogens is 2. The summed E-state index contributed by atoms with van der Waals surface area (Å²) in [4.78, 5) is 22.7. The Balaban J connectivity index is 1.67. The zero-order valence-corrected chi connectivity index (χ0v) is 14.8. The molecule has 25 heavy (non-hydrogen) atoms. The minimum atomic E-state index is -0.303. The summed E-state index contributed by atoms with van der Waals surface area (Å²) < 4.78 is 0. The number of benzene rings is 1. The number of nitrogens with two attached hydrogens (primary N) is 1. The van der Waals surface area contributed by atoms with Crippen molar-refractivity contribution in [1.29, 1.82) is 0 Å². The molecule has 2 aromatic rings. The van der Waals surface area contributed by atoms with E-state index in [2.05, 4.69) is 32.6 Å². The SMILES string of the molecule is CC1CCN(c2ncnc(NNC(=O)c3ccc(Cl)cc3)c2N)CC1. The quantitative estimate of drug-likeness (QED) is 0.725. The lowest BCUT2D eigenvalue weighted by Gasteiger charge is -2.32. The fourth-order valence-electron chi connectivity index (χ4n) is 2.75. The lowest BCUT2D eigenvalue weighted by molar-refractivity contribution is 0.0962. The van der Waals surface area contributed by atoms with Crippen LogP contribution in [0.4, 0.5) is 17.3 Å². The van der Waals surface area contributed by atoms with E-state index in [1.54, 1.807) is 24.3 Å². The molecular formula is C17H21ClN6O. The number of carbonyl (C=O) groups excluding carboxylic acids is 1. The predicted octanol–water partition coefficient (Wildman–Crippen LogP) is 2.71. The van der Waals surface area contributed by atoms with E-state index >= 15 is 0 Å². The smallest absolute Gasteiger partial charge is 0.269 e. The molecule has 0 unspecified atom stereocenters. The Hall–Kier alpha value is -2.54. The van der Waals surface area contributed by atoms with Gasteiger partial charge in [0.05, 0.1) is 0 Å². The second-order valence-electron chi connectivity index (χ2n) is 6.22. The number of amides is 1. The molecule has 1 amide bonds. The fourth-order valence-corrected chi connectivity index (χ4v) is 2.87. The van der Waals surface area contributed by atoms with Crippen LogP contribution in [0.3, 0.4) is 0 Å². The molecule has 0 radical (unpaired) electrons. The molecular weight excluding hydrogens is 340 g/mol. The van der Waals surface area contributed by atoms with Gasteiger partial charge in [0, 0.05) is 23.7 Å². The maximum Gasteiger partial charge on any atom is 0.269 e. The van der Waals surface area contributed by atoms with Gasteiger partial charge in [-0.25, -0.2) is 9.97 Å². The van der Waals surface area contributed by atoms with Gasteiger partial charge in [0.25, 0.3) is 5.91 Å². The molecule has 1 aliphatic heterocycles. The van der Waals surface area contributed by atoms with E-state index in [1.165, 1.54) is 6.33 Å². The summed E-state index contributed by atoms with van der Waals surface area (Å²) in [6, 6.07) is 6.60. The van der Waals surface area contributed by atoms with Crippen LogP contribution in [-0.2, 0) is 0 Å². The van der Waals surface area contributed by atoms with Crippen LogP contribution in [0.5, 0.6) is 0 Å². The number of nitrogen functional groups attached to an aromatic ring is 1. The third kappa shape index (κ3) is 4.11. The predicted molar refractivity (Wildman–Crippen MR) is 99.6 cm³/mol. The molecule has 7 nitrogen and oxygen atoms in total. The second kappa shape index (κ2) is 7.57. The number of piperidine rings is 1. The highest BCUT2D eigenvalue weighted by Gasteiger charge is 2.20. The number of carbonyl (C=O) groups is 1. The summed E-state index contributed by atoms with van der Waals surface area (Å²) in [6.07, 6.45) is 3.67. The van der Waals surface area contributed by atoms with Crippen molar-refractivity contribution >= 4 is 34.8 Å². The Bertz CT molecular complexity index is 743. The van der Waals surface area contributed by atoms with E-state index < -0.39 is 0 Å². The number of hydrogen-bond acceptors (Lipinski definition) is 6. The van der Waals surface area contributed by atoms with Gasteiger partial charge in [-0.3, -0.25) is 15.6 Å². The summed E-state index contributed by atoms with van der Waals surface area (Å²) in [5.74, 6) is 1.50. The first-order valence-electron chi connectivity index (χ1n) is 8.22. The average Bonchev–Trinajstić information content (AvgIpc) is 2.62. The standard InChI is InChI=1S/C17H21ClN6O/c1-11-6-8-24(9-7-11)16-14(19)15(20-10-21-16)22-23-17(25)12-2-4-13(18)5-3-12/h2-5,10-11H,6-9,19H2,1H3,(H,23,25)(H,20,21,22). The van der Waals surface area contributed by atoms with E-state index in [0.29, 0.717) is 27.9 Å². The zero-order valence-electron chi connectivity index (χ0n) is 14.0. The van der Waals surface area contributed by atoms with Crippen molar-refractivity contribution in [2.75, 3.05) is 29.1 Å². The van der Waals surface area contributed by atoms with Crippen LogP contribution in [0.15, 0.2) is 30.6 Å². The molecule has 1 fully saturated rings. The summed E-state index contributed by atoms with van der Waals surface area (Å²) in [5, 5.41) is 0.574. The number of hydrazine groups is 1. The second-order valence-corrected chi connectivity index (χ2v) is 6.65. The lowest BCUT2D eigenvalue weighted by Crippen LogP contribution is -2.35. The van der Waals surface area contributed by atoms with Crippen molar-refractivity contribution in [3.8, 4) is 0 Å². The summed E-state index contributed by atoms with van der Waals surface area (Å²) in [7, 11) is 0. The first-order chi connectivity index (χ1) is 12.0. The first-order valence-corrected chi connectivity index (χ1v) is 8.59. The number of hydrogen-bond donors (Lipinski definition) is 3. The summed E-state index contributed by atoms with van der Waals surface area (Å²) in [5.41, 5.74) is 12.5. The highest BCUT2D eigenvalue weighted by Crippen LogP contribution is 2.29. The molecule has 1 aliphatic rings. The molecule has 0 spiro atoms. The molecule has 8 heteroatoms. The molecule has 0 bridgehead atoms. The first kappa shape index (κ1) is 17.3. The van der Waals surface area contributed by atoms with Gasteiger partial charge in [-0.1, -0.05) is 18.5 Å². The van der Waals surface area contributed by atoms with Crippen LogP contribution in [0.2, 0.25) is 5.02 Å². The Morgan fingerprint density at radius 1 is 1.24 bits per heavy atom. The van der Waals surface area contributed by atoms with E-state index in [9.17, 15) is 4.79 Å². The molecule has 3 rings (SSSR count). The van der Waals surface area contributed by atoms with Gasteiger partial charge in [-0.15, -0.1) is 0 Å². The number of nitrogens with one attached hydrogen (secondary N) is 2. The molecule has 1 saturated heterocycles. The lowest BCUT2D eigenvalue weighted by atomic mass is 9.99. The van der Waals surface area contributed by atoms with Gasteiger partial charge in [-0.05, 0) is 43.0 Å². The van der Waals surface area contributed by atoms with Gasteiger partial charge in [0.1, 0.15) is 12.0 Å². The molecule has 2 heterocycles. The highest BCUT2D eigenvalue weighted by molar-refractivity contribution is 6.30. The number of rotatable bonds is 4. The molecule has 132 valence electrons. The van der Waals surface area contributed by atoms with Gasteiger partial charge < -0.3 is 10.6 Å². The normalized spacial score (nSPS) is 15.0. The Morgan fingerprint density at radius 3 is 2.60 bits per heavy atom. The largest absolute Gasteiger partial charge is 0.393 e. The zero-order chi connectivity index (χ0) is 17.8. The maximum atomic E-state index is 12.2. The molecule has 4 N–H and O–H groups in total. The van der Waals surface area contributed by atoms with Gasteiger partial charge >= 0.3 is 0 Å². The Morgan fingerprint density at radius 2 is 1.92 bits per heavy atom. The van der Waals surface area contributed by atoms with Crippen LogP contribution in [-0.4, -0.2) is 29.0 Å². The van der Waals surface area contributed by atoms with E-state index in [4.69, 9.17) is 17.3 Å². The number of nitrogens with zero attached hydrogens (tertiary/aromatic N) is 3. The van der Waals surface area contributed by atoms with Crippen LogP contribution in [0.25, 0.3) is 0 Å². The molecule has 0 atom stereocenters. The van der Waals surface area contributed by atoms with E-state index in [1.807, 2.05) is 0 Å². The maximum absolute atomic E-state index is 12.2. The van der Waals surface area contributed by atoms with Gasteiger partial charge in [0.15, 0.2) is 11.6 Å². The molecule has 0 saturated carbocycles. The van der Waals surface area contributed by atoms with Crippen LogP contribution >= 0.6 is 11.6 Å². The number of halogens is 1. The fraction of sp³-hybridized carbons (Fsp3) is 0.353. The van der Waals surface area contributed by atoms with E-state index in [-0.39, 0.29) is 5.91 Å².